The summed E-state index contributed by atoms with van der Waals surface area (Å²) in [6, 6.07) is 9.66. The average Bonchev–Trinajstić information content (AvgIpc) is 2.71. The first kappa shape index (κ1) is 20.0. The van der Waals surface area contributed by atoms with Gasteiger partial charge in [0.1, 0.15) is 5.82 Å². The van der Waals surface area contributed by atoms with E-state index in [4.69, 9.17) is 4.74 Å². The van der Waals surface area contributed by atoms with Crippen LogP contribution in [0.25, 0.3) is 0 Å². The molecule has 2 aromatic rings. The van der Waals surface area contributed by atoms with Gasteiger partial charge in [-0.1, -0.05) is 6.07 Å². The maximum Gasteiger partial charge on any atom is 0.337 e. The Morgan fingerprint density at radius 3 is 2.59 bits per heavy atom. The first-order valence-corrected chi connectivity index (χ1v) is 8.61. The third-order valence-electron chi connectivity index (χ3n) is 4.27. The van der Waals surface area contributed by atoms with E-state index in [0.717, 1.165) is 6.07 Å². The van der Waals surface area contributed by atoms with Crippen molar-refractivity contribution in [2.45, 2.75) is 12.3 Å². The third-order valence-corrected chi connectivity index (χ3v) is 4.27. The number of benzene rings is 2. The van der Waals surface area contributed by atoms with Gasteiger partial charge in [-0.15, -0.1) is 0 Å². The van der Waals surface area contributed by atoms with Gasteiger partial charge in [0.25, 0.3) is 5.91 Å². The minimum Gasteiger partial charge on any atom is -0.465 e. The highest BCUT2D eigenvalue weighted by molar-refractivity contribution is 6.00. The van der Waals surface area contributed by atoms with Crippen LogP contribution < -0.4 is 10.6 Å². The topological polar surface area (TPSA) is 111 Å². The second kappa shape index (κ2) is 8.51. The molecule has 0 spiro atoms. The molecule has 1 aliphatic rings. The molecule has 3 rings (SSSR count). The molecule has 0 saturated carbocycles. The van der Waals surface area contributed by atoms with Gasteiger partial charge in [-0.2, -0.15) is 0 Å². The lowest BCUT2D eigenvalue weighted by atomic mass is 9.90. The number of hydrogen-bond donors (Lipinski definition) is 2. The number of anilines is 2. The lowest BCUT2D eigenvalue weighted by Crippen LogP contribution is -2.30. The van der Waals surface area contributed by atoms with Crippen molar-refractivity contribution in [1.82, 2.24) is 0 Å². The quantitative estimate of drug-likeness (QED) is 0.745. The summed E-state index contributed by atoms with van der Waals surface area (Å²) >= 11 is 0. The van der Waals surface area contributed by atoms with Gasteiger partial charge in [0.05, 0.1) is 18.6 Å². The number of hydrogen-bond acceptors (Lipinski definition) is 6. The lowest BCUT2D eigenvalue weighted by molar-refractivity contribution is -0.149. The Balaban J connectivity index is 1.59. The maximum atomic E-state index is 13.4. The molecule has 0 bridgehead atoms. The number of ether oxygens (including phenoxy) is 2. The van der Waals surface area contributed by atoms with Crippen LogP contribution in [0.3, 0.4) is 0 Å². The predicted molar refractivity (Wildman–Crippen MR) is 99.8 cm³/mol. The molecule has 0 fully saturated rings. The van der Waals surface area contributed by atoms with Crippen molar-refractivity contribution in [2.75, 3.05) is 24.4 Å². The van der Waals surface area contributed by atoms with Gasteiger partial charge in [-0.25, -0.2) is 9.18 Å². The molecule has 0 aliphatic carbocycles. The van der Waals surface area contributed by atoms with Gasteiger partial charge < -0.3 is 20.1 Å². The van der Waals surface area contributed by atoms with E-state index in [-0.39, 0.29) is 12.1 Å². The van der Waals surface area contributed by atoms with E-state index < -0.39 is 42.1 Å². The molecule has 1 atom stereocenters. The van der Waals surface area contributed by atoms with Crippen LogP contribution >= 0.6 is 0 Å². The zero-order valence-corrected chi connectivity index (χ0v) is 15.4. The molecule has 2 amide bonds. The summed E-state index contributed by atoms with van der Waals surface area (Å²) in [4.78, 5) is 47.6. The Morgan fingerprint density at radius 1 is 1.17 bits per heavy atom. The molecule has 0 saturated heterocycles. The summed E-state index contributed by atoms with van der Waals surface area (Å²) in [5.41, 5.74) is 1.35. The van der Waals surface area contributed by atoms with E-state index in [1.165, 1.54) is 43.5 Å². The van der Waals surface area contributed by atoms with E-state index in [2.05, 4.69) is 15.4 Å². The van der Waals surface area contributed by atoms with Crippen LogP contribution in [0.5, 0.6) is 0 Å². The SMILES string of the molecule is COC(=O)c1ccc(NC(=O)COC(=O)C2CC(=O)Nc3cc(F)ccc32)cc1. The zero-order chi connectivity index (χ0) is 21.0. The normalized spacial score (nSPS) is 15.0. The van der Waals surface area contributed by atoms with E-state index in [0.29, 0.717) is 16.8 Å². The second-order valence-corrected chi connectivity index (χ2v) is 6.26. The molecule has 0 aromatic heterocycles. The van der Waals surface area contributed by atoms with Crippen molar-refractivity contribution >= 4 is 35.1 Å². The molecule has 1 aliphatic heterocycles. The number of esters is 2. The highest BCUT2D eigenvalue weighted by atomic mass is 19.1. The van der Waals surface area contributed by atoms with Gasteiger partial charge in [-0.3, -0.25) is 14.4 Å². The fourth-order valence-electron chi connectivity index (χ4n) is 2.89. The molecule has 9 heteroatoms. The highest BCUT2D eigenvalue weighted by Gasteiger charge is 2.32. The van der Waals surface area contributed by atoms with Crippen molar-refractivity contribution in [3.05, 3.63) is 59.4 Å². The minimum atomic E-state index is -0.925. The smallest absolute Gasteiger partial charge is 0.337 e. The number of fused-ring (bicyclic) bond motifs is 1. The Bertz CT molecular complexity index is 973. The minimum absolute atomic E-state index is 0.159. The van der Waals surface area contributed by atoms with E-state index in [1.54, 1.807) is 0 Å². The second-order valence-electron chi connectivity index (χ2n) is 6.26. The number of methoxy groups -OCH3 is 1. The molecule has 2 aromatic carbocycles. The molecule has 1 unspecified atom stereocenters. The summed E-state index contributed by atoms with van der Waals surface area (Å²) in [7, 11) is 1.26. The lowest BCUT2D eigenvalue weighted by Gasteiger charge is -2.24. The maximum absolute atomic E-state index is 13.4. The summed E-state index contributed by atoms with van der Waals surface area (Å²) in [5, 5.41) is 5.02. The average molecular weight is 400 g/mol. The Kier molecular flexibility index (Phi) is 5.87. The van der Waals surface area contributed by atoms with Crippen LogP contribution in [0.2, 0.25) is 0 Å². The summed E-state index contributed by atoms with van der Waals surface area (Å²) in [5.74, 6) is -3.77. The highest BCUT2D eigenvalue weighted by Crippen LogP contribution is 2.33. The molecule has 8 nitrogen and oxygen atoms in total. The van der Waals surface area contributed by atoms with Crippen LogP contribution in [-0.4, -0.2) is 37.5 Å². The van der Waals surface area contributed by atoms with Crippen molar-refractivity contribution in [2.24, 2.45) is 0 Å². The first-order valence-electron chi connectivity index (χ1n) is 8.61. The largest absolute Gasteiger partial charge is 0.465 e. The van der Waals surface area contributed by atoms with Crippen LogP contribution in [0, 0.1) is 5.82 Å². The summed E-state index contributed by atoms with van der Waals surface area (Å²) in [6.07, 6.45) is -0.159. The van der Waals surface area contributed by atoms with E-state index in [9.17, 15) is 23.6 Å². The number of carbonyl (C=O) groups excluding carboxylic acids is 4. The molecule has 2 N–H and O–H groups in total. The van der Waals surface area contributed by atoms with Gasteiger partial charge in [0.2, 0.25) is 5.91 Å². The summed E-state index contributed by atoms with van der Waals surface area (Å²) in [6.45, 7) is -0.563. The number of carbonyl (C=O) groups is 4. The Morgan fingerprint density at radius 2 is 1.90 bits per heavy atom. The number of rotatable bonds is 5. The van der Waals surface area contributed by atoms with E-state index >= 15 is 0 Å². The first-order chi connectivity index (χ1) is 13.9. The Hall–Kier alpha value is -3.75. The van der Waals surface area contributed by atoms with E-state index in [1.807, 2.05) is 0 Å². The molecular formula is C20H17FN2O6. The monoisotopic (exact) mass is 400 g/mol. The molecule has 0 radical (unpaired) electrons. The van der Waals surface area contributed by atoms with Gasteiger partial charge in [0.15, 0.2) is 6.61 Å². The standard InChI is InChI=1S/C20H17FN2O6/c1-28-19(26)11-2-5-13(6-3-11)22-18(25)10-29-20(27)15-9-17(24)23-16-8-12(21)4-7-14(15)16/h2-8,15H,9-10H2,1H3,(H,22,25)(H,23,24). The predicted octanol–water partition coefficient (Wildman–Crippen LogP) is 2.22. The van der Waals surface area contributed by atoms with Crippen molar-refractivity contribution in [3.8, 4) is 0 Å². The van der Waals surface area contributed by atoms with Crippen molar-refractivity contribution in [3.63, 3.8) is 0 Å². The molecule has 29 heavy (non-hydrogen) atoms. The Labute approximate surface area is 165 Å². The van der Waals surface area contributed by atoms with Gasteiger partial charge >= 0.3 is 11.9 Å². The third kappa shape index (κ3) is 4.75. The van der Waals surface area contributed by atoms with Gasteiger partial charge in [-0.05, 0) is 42.0 Å². The van der Waals surface area contributed by atoms with Crippen molar-refractivity contribution < 1.29 is 33.0 Å². The zero-order valence-electron chi connectivity index (χ0n) is 15.4. The van der Waals surface area contributed by atoms with Crippen LogP contribution in [0.1, 0.15) is 28.3 Å². The van der Waals surface area contributed by atoms with Crippen LogP contribution in [0.4, 0.5) is 15.8 Å². The van der Waals surface area contributed by atoms with Gasteiger partial charge in [0, 0.05) is 17.8 Å². The molecule has 150 valence electrons. The number of halogens is 1. The van der Waals surface area contributed by atoms with Crippen molar-refractivity contribution in [1.29, 1.82) is 0 Å². The van der Waals surface area contributed by atoms with Crippen LogP contribution in [0.15, 0.2) is 42.5 Å². The molecular weight excluding hydrogens is 383 g/mol. The summed E-state index contributed by atoms with van der Waals surface area (Å²) < 4.78 is 23.0. The fourth-order valence-corrected chi connectivity index (χ4v) is 2.89. The molecule has 1 heterocycles. The number of nitrogens with one attached hydrogen (secondary N) is 2. The number of amides is 2. The van der Waals surface area contributed by atoms with Crippen LogP contribution in [-0.2, 0) is 23.9 Å². The fraction of sp³-hybridized carbons (Fsp3) is 0.200.